The number of nitrogens with one attached hydrogen (secondary N) is 2. The van der Waals surface area contributed by atoms with Crippen LogP contribution in [-0.2, 0) is 25.5 Å². The molecule has 1 heterocycles. The molecule has 0 fully saturated rings. The number of esters is 1. The van der Waals surface area contributed by atoms with Gasteiger partial charge in [0.2, 0.25) is 5.91 Å². The average molecular weight is 322 g/mol. The molecule has 1 aromatic rings. The number of carbonyl (C=O) groups is 3. The van der Waals surface area contributed by atoms with Gasteiger partial charge in [0.05, 0.1) is 13.0 Å². The van der Waals surface area contributed by atoms with Crippen LogP contribution in [0.3, 0.4) is 0 Å². The number of likely N-dealkylation sites (N-methyl/N-ethyl adjacent to an activating group) is 1. The van der Waals surface area contributed by atoms with Crippen molar-refractivity contribution >= 4 is 17.8 Å². The fourth-order valence-corrected chi connectivity index (χ4v) is 1.88. The number of fused-ring (bicyclic) bond motifs is 1. The Morgan fingerprint density at radius 2 is 1.87 bits per heavy atom. The summed E-state index contributed by atoms with van der Waals surface area (Å²) < 4.78 is 15.7. The maximum atomic E-state index is 11.7. The van der Waals surface area contributed by atoms with Crippen molar-refractivity contribution in [2.45, 2.75) is 6.42 Å². The third-order valence-electron chi connectivity index (χ3n) is 3.04. The van der Waals surface area contributed by atoms with Crippen LogP contribution in [0.25, 0.3) is 0 Å². The molecule has 0 aliphatic carbocycles. The van der Waals surface area contributed by atoms with Crippen molar-refractivity contribution < 1.29 is 28.6 Å². The molecule has 2 amide bonds. The first kappa shape index (κ1) is 16.6. The number of benzene rings is 1. The summed E-state index contributed by atoms with van der Waals surface area (Å²) in [6, 6.07) is 5.18. The molecule has 0 spiro atoms. The topological polar surface area (TPSA) is 103 Å². The monoisotopic (exact) mass is 322 g/mol. The molecule has 1 aliphatic rings. The van der Waals surface area contributed by atoms with E-state index in [4.69, 9.17) is 14.2 Å². The van der Waals surface area contributed by atoms with Crippen LogP contribution in [0.5, 0.6) is 11.5 Å². The predicted molar refractivity (Wildman–Crippen MR) is 79.2 cm³/mol. The molecule has 2 rings (SSSR count). The molecule has 0 aromatic heterocycles. The molecule has 1 aliphatic heterocycles. The van der Waals surface area contributed by atoms with Crippen molar-refractivity contribution in [2.24, 2.45) is 0 Å². The zero-order chi connectivity index (χ0) is 16.7. The molecule has 23 heavy (non-hydrogen) atoms. The van der Waals surface area contributed by atoms with E-state index >= 15 is 0 Å². The van der Waals surface area contributed by atoms with E-state index in [9.17, 15) is 14.4 Å². The fourth-order valence-electron chi connectivity index (χ4n) is 1.88. The highest BCUT2D eigenvalue weighted by atomic mass is 16.6. The van der Waals surface area contributed by atoms with Crippen LogP contribution in [0.4, 0.5) is 0 Å². The van der Waals surface area contributed by atoms with Gasteiger partial charge in [0.15, 0.2) is 18.1 Å². The summed E-state index contributed by atoms with van der Waals surface area (Å²) in [5.74, 6) is -0.186. The fraction of sp³-hybridized carbons (Fsp3) is 0.400. The molecule has 0 bridgehead atoms. The summed E-state index contributed by atoms with van der Waals surface area (Å²) >= 11 is 0. The van der Waals surface area contributed by atoms with Gasteiger partial charge in [-0.05, 0) is 17.7 Å². The van der Waals surface area contributed by atoms with Crippen LogP contribution >= 0.6 is 0 Å². The van der Waals surface area contributed by atoms with Crippen LogP contribution in [0.2, 0.25) is 0 Å². The van der Waals surface area contributed by atoms with E-state index in [1.165, 1.54) is 7.05 Å². The lowest BCUT2D eigenvalue weighted by atomic mass is 10.1. The first-order valence-corrected chi connectivity index (χ1v) is 7.10. The lowest BCUT2D eigenvalue weighted by Crippen LogP contribution is -2.37. The Hall–Kier alpha value is -2.77. The SMILES string of the molecule is CNC(=O)CNC(=O)COC(=O)Cc1ccc2c(c1)OCCO2. The Balaban J connectivity index is 1.76. The quantitative estimate of drug-likeness (QED) is 0.678. The number of hydrogen-bond donors (Lipinski definition) is 2. The van der Waals surface area contributed by atoms with Gasteiger partial charge in [-0.1, -0.05) is 6.07 Å². The van der Waals surface area contributed by atoms with Gasteiger partial charge >= 0.3 is 5.97 Å². The standard InChI is InChI=1S/C15H18N2O6/c1-16-13(18)8-17-14(19)9-23-15(20)7-10-2-3-11-12(6-10)22-5-4-21-11/h2-3,6H,4-5,7-9H2,1H3,(H,16,18)(H,17,19). The van der Waals surface area contributed by atoms with Gasteiger partial charge in [0, 0.05) is 7.05 Å². The molecular weight excluding hydrogens is 304 g/mol. The maximum Gasteiger partial charge on any atom is 0.310 e. The Bertz CT molecular complexity index is 602. The van der Waals surface area contributed by atoms with Gasteiger partial charge in [-0.15, -0.1) is 0 Å². The second kappa shape index (κ2) is 8.02. The van der Waals surface area contributed by atoms with E-state index in [0.29, 0.717) is 30.3 Å². The summed E-state index contributed by atoms with van der Waals surface area (Å²) in [5.41, 5.74) is 0.699. The lowest BCUT2D eigenvalue weighted by Gasteiger charge is -2.18. The number of amides is 2. The Morgan fingerprint density at radius 1 is 1.13 bits per heavy atom. The smallest absolute Gasteiger partial charge is 0.310 e. The summed E-state index contributed by atoms with van der Waals surface area (Å²) in [7, 11) is 1.46. The summed E-state index contributed by atoms with van der Waals surface area (Å²) in [5, 5.41) is 4.69. The predicted octanol–water partition coefficient (Wildman–Crippen LogP) is -0.594. The third-order valence-corrected chi connectivity index (χ3v) is 3.04. The molecule has 2 N–H and O–H groups in total. The van der Waals surface area contributed by atoms with E-state index in [1.807, 2.05) is 0 Å². The van der Waals surface area contributed by atoms with Gasteiger partial charge in [0.25, 0.3) is 5.91 Å². The summed E-state index contributed by atoms with van der Waals surface area (Å²) in [4.78, 5) is 34.1. The zero-order valence-electron chi connectivity index (χ0n) is 12.7. The Labute approximate surface area is 133 Å². The summed E-state index contributed by atoms with van der Waals surface area (Å²) in [6.45, 7) is 0.376. The molecule has 124 valence electrons. The molecule has 0 saturated heterocycles. The van der Waals surface area contributed by atoms with E-state index in [0.717, 1.165) is 0 Å². The van der Waals surface area contributed by atoms with Crippen molar-refractivity contribution in [3.8, 4) is 11.5 Å². The van der Waals surface area contributed by atoms with Crippen LogP contribution in [-0.4, -0.2) is 51.2 Å². The minimum absolute atomic E-state index is 0.0133. The molecule has 0 saturated carbocycles. The minimum Gasteiger partial charge on any atom is -0.486 e. The molecular formula is C15H18N2O6. The first-order valence-electron chi connectivity index (χ1n) is 7.10. The van der Waals surface area contributed by atoms with Crippen LogP contribution in [0.15, 0.2) is 18.2 Å². The van der Waals surface area contributed by atoms with Crippen molar-refractivity contribution in [1.82, 2.24) is 10.6 Å². The highest BCUT2D eigenvalue weighted by Crippen LogP contribution is 2.30. The number of rotatable bonds is 6. The third kappa shape index (κ3) is 5.17. The van der Waals surface area contributed by atoms with Crippen LogP contribution in [0.1, 0.15) is 5.56 Å². The zero-order valence-corrected chi connectivity index (χ0v) is 12.7. The molecule has 8 nitrogen and oxygen atoms in total. The molecule has 1 aromatic carbocycles. The van der Waals surface area contributed by atoms with Crippen LogP contribution < -0.4 is 20.1 Å². The lowest BCUT2D eigenvalue weighted by molar-refractivity contribution is -0.147. The largest absolute Gasteiger partial charge is 0.486 e. The van der Waals surface area contributed by atoms with Crippen molar-refractivity contribution in [1.29, 1.82) is 0 Å². The van der Waals surface area contributed by atoms with Gasteiger partial charge in [-0.25, -0.2) is 0 Å². The van der Waals surface area contributed by atoms with Gasteiger partial charge in [-0.3, -0.25) is 14.4 Å². The minimum atomic E-state index is -0.545. The highest BCUT2D eigenvalue weighted by molar-refractivity contribution is 5.86. The van der Waals surface area contributed by atoms with Gasteiger partial charge in [0.1, 0.15) is 13.2 Å². The number of carbonyl (C=O) groups excluding carboxylic acids is 3. The normalized spacial score (nSPS) is 12.2. The molecule has 0 atom stereocenters. The molecule has 0 unspecified atom stereocenters. The van der Waals surface area contributed by atoms with Crippen molar-refractivity contribution in [2.75, 3.05) is 33.4 Å². The highest BCUT2D eigenvalue weighted by Gasteiger charge is 2.14. The second-order valence-electron chi connectivity index (χ2n) is 4.77. The van der Waals surface area contributed by atoms with Gasteiger partial charge in [-0.2, -0.15) is 0 Å². The Morgan fingerprint density at radius 3 is 2.61 bits per heavy atom. The average Bonchev–Trinajstić information content (AvgIpc) is 2.57. The van der Waals surface area contributed by atoms with Gasteiger partial charge < -0.3 is 24.8 Å². The van der Waals surface area contributed by atoms with Crippen LogP contribution in [0, 0.1) is 0 Å². The summed E-state index contributed by atoms with van der Waals surface area (Å²) in [6.07, 6.45) is 0.0133. The molecule has 8 heteroatoms. The number of hydrogen-bond acceptors (Lipinski definition) is 6. The van der Waals surface area contributed by atoms with Crippen molar-refractivity contribution in [3.63, 3.8) is 0 Å². The second-order valence-corrected chi connectivity index (χ2v) is 4.77. The van der Waals surface area contributed by atoms with Crippen molar-refractivity contribution in [3.05, 3.63) is 23.8 Å². The van der Waals surface area contributed by atoms with E-state index in [-0.39, 0.29) is 18.9 Å². The van der Waals surface area contributed by atoms with E-state index < -0.39 is 18.5 Å². The Kier molecular flexibility index (Phi) is 5.79. The number of ether oxygens (including phenoxy) is 3. The maximum absolute atomic E-state index is 11.7. The molecule has 0 radical (unpaired) electrons. The van der Waals surface area contributed by atoms with E-state index in [2.05, 4.69) is 10.6 Å². The van der Waals surface area contributed by atoms with E-state index in [1.54, 1.807) is 18.2 Å². The first-order chi connectivity index (χ1) is 11.1.